The van der Waals surface area contributed by atoms with Crippen molar-refractivity contribution in [2.45, 2.75) is 34.1 Å². The number of nitrogens with zero attached hydrogens (tertiary/aromatic N) is 2. The van der Waals surface area contributed by atoms with Crippen LogP contribution in [0.25, 0.3) is 0 Å². The van der Waals surface area contributed by atoms with Crippen LogP contribution in [0.4, 0.5) is 10.5 Å². The summed E-state index contributed by atoms with van der Waals surface area (Å²) in [5.74, 6) is -0.846. The van der Waals surface area contributed by atoms with Crippen molar-refractivity contribution in [3.05, 3.63) is 58.1 Å². The molecule has 0 bridgehead atoms. The van der Waals surface area contributed by atoms with Gasteiger partial charge in [-0.15, -0.1) is 0 Å². The number of hydrogen-bond donors (Lipinski definition) is 3. The maximum Gasteiger partial charge on any atom is 0.414 e. The van der Waals surface area contributed by atoms with Crippen LogP contribution in [0.15, 0.2) is 35.4 Å². The van der Waals surface area contributed by atoms with Gasteiger partial charge in [-0.05, 0) is 80.1 Å². The molecule has 30 heavy (non-hydrogen) atoms. The van der Waals surface area contributed by atoms with Crippen molar-refractivity contribution < 1.29 is 20.8 Å². The van der Waals surface area contributed by atoms with Crippen molar-refractivity contribution in [1.82, 2.24) is 5.32 Å². The van der Waals surface area contributed by atoms with Gasteiger partial charge in [-0.25, -0.2) is 4.79 Å². The number of phenolic OH excluding ortho intramolecular Hbond substituents is 1. The zero-order valence-corrected chi connectivity index (χ0v) is 17.1. The van der Waals surface area contributed by atoms with Crippen LogP contribution in [-0.2, 0) is 16.0 Å². The molecule has 0 aliphatic rings. The van der Waals surface area contributed by atoms with Crippen LogP contribution in [0.5, 0.6) is 5.75 Å². The molecular formula is C22H24N4O4. The number of rotatable bonds is 6. The highest BCUT2D eigenvalue weighted by atomic mass is 16.5. The van der Waals surface area contributed by atoms with Crippen LogP contribution in [0.1, 0.15) is 36.1 Å². The van der Waals surface area contributed by atoms with Gasteiger partial charge in [0, 0.05) is 1.37 Å². The van der Waals surface area contributed by atoms with Crippen LogP contribution in [0, 0.1) is 32.1 Å². The Morgan fingerprint density at radius 3 is 2.53 bits per heavy atom. The van der Waals surface area contributed by atoms with Gasteiger partial charge in [0.15, 0.2) is 0 Å². The standard InChI is InChI=1S/C22H24N4O4/c1-5-30-22(29)24-21(28)19(12-23)26-25-17-9-13(2)18(14(3)10-17)11-16-6-7-20(27)15(4)8-16/h6-10,25,27H,5,11H2,1-4H3,(H,24,28,29)/i4D. The lowest BCUT2D eigenvalue weighted by Crippen LogP contribution is -2.36. The number of carbonyl (C=O) groups excluding carboxylic acids is 2. The van der Waals surface area contributed by atoms with Gasteiger partial charge < -0.3 is 9.84 Å². The molecule has 2 aromatic carbocycles. The van der Waals surface area contributed by atoms with Gasteiger partial charge in [-0.2, -0.15) is 10.4 Å². The number of imide groups is 1. The third-order valence-corrected chi connectivity index (χ3v) is 4.33. The Morgan fingerprint density at radius 1 is 1.23 bits per heavy atom. The summed E-state index contributed by atoms with van der Waals surface area (Å²) in [6, 6.07) is 10.5. The third kappa shape index (κ3) is 5.82. The first-order valence-corrected chi connectivity index (χ1v) is 9.21. The lowest BCUT2D eigenvalue weighted by Gasteiger charge is -2.13. The van der Waals surface area contributed by atoms with Gasteiger partial charge in [-0.1, -0.05) is 12.1 Å². The predicted molar refractivity (Wildman–Crippen MR) is 113 cm³/mol. The van der Waals surface area contributed by atoms with Gasteiger partial charge in [0.2, 0.25) is 5.71 Å². The van der Waals surface area contributed by atoms with Gasteiger partial charge in [0.25, 0.3) is 5.91 Å². The summed E-state index contributed by atoms with van der Waals surface area (Å²) >= 11 is 0. The number of aryl methyl sites for hydroxylation is 3. The molecule has 0 atom stereocenters. The van der Waals surface area contributed by atoms with E-state index in [1.807, 2.05) is 43.4 Å². The number of carbonyl (C=O) groups is 2. The van der Waals surface area contributed by atoms with Crippen molar-refractivity contribution >= 4 is 23.4 Å². The Bertz CT molecular complexity index is 1040. The number of amides is 2. The Labute approximate surface area is 176 Å². The SMILES string of the molecule is [2H]Cc1cc(Cc2c(C)cc(NN=C(C#N)C(=O)NC(=O)OCC)cc2C)ccc1O. The highest BCUT2D eigenvalue weighted by molar-refractivity contribution is 6.46. The van der Waals surface area contributed by atoms with E-state index in [0.717, 1.165) is 22.3 Å². The quantitative estimate of drug-likeness (QED) is 0.496. The molecular weight excluding hydrogens is 384 g/mol. The van der Waals surface area contributed by atoms with Crippen molar-refractivity contribution in [1.29, 1.82) is 5.26 Å². The molecule has 0 aromatic heterocycles. The normalized spacial score (nSPS) is 11.3. The van der Waals surface area contributed by atoms with Crippen molar-refractivity contribution in [3.8, 4) is 11.8 Å². The second kappa shape index (κ2) is 10.1. The number of nitriles is 1. The van der Waals surface area contributed by atoms with E-state index in [1.165, 1.54) is 0 Å². The largest absolute Gasteiger partial charge is 0.508 e. The molecule has 0 fully saturated rings. The average molecular weight is 409 g/mol. The summed E-state index contributed by atoms with van der Waals surface area (Å²) in [6.45, 7) is 5.55. The molecule has 0 aliphatic heterocycles. The zero-order valence-electron chi connectivity index (χ0n) is 18.1. The fourth-order valence-electron chi connectivity index (χ4n) is 2.86. The lowest BCUT2D eigenvalue weighted by molar-refractivity contribution is -0.114. The van der Waals surface area contributed by atoms with E-state index in [0.29, 0.717) is 17.7 Å². The summed E-state index contributed by atoms with van der Waals surface area (Å²) in [6.07, 6.45) is -0.325. The first-order valence-electron chi connectivity index (χ1n) is 9.91. The number of ether oxygens (including phenoxy) is 1. The van der Waals surface area contributed by atoms with E-state index in [9.17, 15) is 14.7 Å². The van der Waals surface area contributed by atoms with Crippen LogP contribution < -0.4 is 10.7 Å². The number of hydrogen-bond acceptors (Lipinski definition) is 7. The molecule has 0 saturated heterocycles. The van der Waals surface area contributed by atoms with E-state index in [-0.39, 0.29) is 19.3 Å². The smallest absolute Gasteiger partial charge is 0.414 e. The van der Waals surface area contributed by atoms with E-state index in [4.69, 9.17) is 6.63 Å². The molecule has 0 radical (unpaired) electrons. The summed E-state index contributed by atoms with van der Waals surface area (Å²) in [5.41, 5.74) is 7.30. The molecule has 2 rings (SSSR count). The fourth-order valence-corrected chi connectivity index (χ4v) is 2.86. The van der Waals surface area contributed by atoms with E-state index >= 15 is 0 Å². The number of alkyl carbamates (subject to hydrolysis) is 1. The van der Waals surface area contributed by atoms with E-state index in [2.05, 4.69) is 15.3 Å². The summed E-state index contributed by atoms with van der Waals surface area (Å²) in [5, 5.41) is 24.6. The molecule has 0 saturated carbocycles. The Kier molecular flexibility index (Phi) is 7.00. The summed E-state index contributed by atoms with van der Waals surface area (Å²) in [4.78, 5) is 23.2. The monoisotopic (exact) mass is 409 g/mol. The Hall–Kier alpha value is -3.86. The second-order valence-electron chi connectivity index (χ2n) is 6.59. The van der Waals surface area contributed by atoms with Crippen molar-refractivity contribution in [3.63, 3.8) is 0 Å². The van der Waals surface area contributed by atoms with Gasteiger partial charge >= 0.3 is 6.09 Å². The van der Waals surface area contributed by atoms with Crippen LogP contribution >= 0.6 is 0 Å². The minimum absolute atomic E-state index is 0.00344. The maximum absolute atomic E-state index is 11.9. The van der Waals surface area contributed by atoms with Crippen LogP contribution in [-0.4, -0.2) is 29.4 Å². The minimum Gasteiger partial charge on any atom is -0.508 e. The van der Waals surface area contributed by atoms with Crippen LogP contribution in [0.3, 0.4) is 0 Å². The number of hydrazone groups is 1. The number of phenols is 1. The molecule has 0 heterocycles. The fraction of sp³-hybridized carbons (Fsp3) is 0.273. The van der Waals surface area contributed by atoms with Crippen molar-refractivity contribution in [2.24, 2.45) is 5.10 Å². The number of anilines is 1. The van der Waals surface area contributed by atoms with Gasteiger partial charge in [0.1, 0.15) is 11.8 Å². The number of benzene rings is 2. The molecule has 8 heteroatoms. The predicted octanol–water partition coefficient (Wildman–Crippen LogP) is 3.47. The topological polar surface area (TPSA) is 124 Å². The zero-order chi connectivity index (χ0) is 23.0. The highest BCUT2D eigenvalue weighted by Gasteiger charge is 2.15. The Morgan fingerprint density at radius 2 is 1.93 bits per heavy atom. The summed E-state index contributed by atoms with van der Waals surface area (Å²) in [7, 11) is 0. The number of nitrogens with one attached hydrogen (secondary N) is 2. The van der Waals surface area contributed by atoms with Crippen molar-refractivity contribution in [2.75, 3.05) is 12.0 Å². The third-order valence-electron chi connectivity index (χ3n) is 4.33. The molecule has 2 amide bonds. The first-order chi connectivity index (χ1) is 14.8. The van der Waals surface area contributed by atoms with Crippen LogP contribution in [0.2, 0.25) is 0 Å². The first kappa shape index (κ1) is 20.9. The average Bonchev–Trinajstić information content (AvgIpc) is 2.72. The van der Waals surface area contributed by atoms with Gasteiger partial charge in [-0.3, -0.25) is 15.5 Å². The Balaban J connectivity index is 2.18. The maximum atomic E-state index is 11.9. The summed E-state index contributed by atoms with van der Waals surface area (Å²) < 4.78 is 12.1. The van der Waals surface area contributed by atoms with E-state index < -0.39 is 17.7 Å². The molecule has 0 aliphatic carbocycles. The molecule has 156 valence electrons. The van der Waals surface area contributed by atoms with Gasteiger partial charge in [0.05, 0.1) is 12.3 Å². The molecule has 0 spiro atoms. The lowest BCUT2D eigenvalue weighted by atomic mass is 9.94. The van der Waals surface area contributed by atoms with E-state index in [1.54, 1.807) is 19.1 Å². The minimum atomic E-state index is -0.962. The highest BCUT2D eigenvalue weighted by Crippen LogP contribution is 2.25. The number of aromatic hydroxyl groups is 1. The second-order valence-corrected chi connectivity index (χ2v) is 6.59. The molecule has 3 N–H and O–H groups in total. The molecule has 0 unspecified atom stereocenters. The molecule has 8 nitrogen and oxygen atoms in total. The molecule has 2 aromatic rings.